The van der Waals surface area contributed by atoms with Gasteiger partial charge >= 0.3 is 5.97 Å². The molecule has 14 heavy (non-hydrogen) atoms. The molecule has 1 aliphatic rings. The number of carbonyl (C=O) groups excluding carboxylic acids is 1. The van der Waals surface area contributed by atoms with E-state index in [1.54, 1.807) is 12.3 Å². The third-order valence-corrected chi connectivity index (χ3v) is 2.78. The SMILES string of the molecule is COC(=O)c1ccn(C2(CO)CC2)c1. The molecule has 1 N–H and O–H groups in total. The van der Waals surface area contributed by atoms with Crippen molar-refractivity contribution in [2.75, 3.05) is 13.7 Å². The number of hydrogen-bond acceptors (Lipinski definition) is 3. The Hall–Kier alpha value is -1.29. The highest BCUT2D eigenvalue weighted by Gasteiger charge is 2.43. The molecule has 0 spiro atoms. The van der Waals surface area contributed by atoms with Crippen molar-refractivity contribution < 1.29 is 14.6 Å². The summed E-state index contributed by atoms with van der Waals surface area (Å²) < 4.78 is 6.50. The molecule has 0 amide bonds. The van der Waals surface area contributed by atoms with Crippen LogP contribution in [0.1, 0.15) is 23.2 Å². The van der Waals surface area contributed by atoms with Crippen molar-refractivity contribution in [1.82, 2.24) is 4.57 Å². The van der Waals surface area contributed by atoms with Crippen molar-refractivity contribution in [3.63, 3.8) is 0 Å². The van der Waals surface area contributed by atoms with Gasteiger partial charge in [-0.25, -0.2) is 4.79 Å². The predicted octanol–water partition coefficient (Wildman–Crippen LogP) is 0.756. The number of rotatable bonds is 3. The summed E-state index contributed by atoms with van der Waals surface area (Å²) in [6.45, 7) is 0.127. The van der Waals surface area contributed by atoms with Crippen LogP contribution in [0.5, 0.6) is 0 Å². The Labute approximate surface area is 82.1 Å². The maximum absolute atomic E-state index is 11.2. The predicted molar refractivity (Wildman–Crippen MR) is 50.1 cm³/mol. The van der Waals surface area contributed by atoms with Gasteiger partial charge in [0.1, 0.15) is 0 Å². The van der Waals surface area contributed by atoms with Gasteiger partial charge in [-0.15, -0.1) is 0 Å². The molecule has 2 rings (SSSR count). The Balaban J connectivity index is 2.22. The minimum Gasteiger partial charge on any atom is -0.465 e. The van der Waals surface area contributed by atoms with Gasteiger partial charge in [0.15, 0.2) is 0 Å². The van der Waals surface area contributed by atoms with E-state index >= 15 is 0 Å². The van der Waals surface area contributed by atoms with Crippen LogP contribution in [0.2, 0.25) is 0 Å². The second-order valence-electron chi connectivity index (χ2n) is 3.68. The Morgan fingerprint density at radius 2 is 2.43 bits per heavy atom. The molecular formula is C10H13NO3. The highest BCUT2D eigenvalue weighted by atomic mass is 16.5. The van der Waals surface area contributed by atoms with Crippen LogP contribution in [0.4, 0.5) is 0 Å². The van der Waals surface area contributed by atoms with Crippen molar-refractivity contribution in [2.24, 2.45) is 0 Å². The van der Waals surface area contributed by atoms with Crippen LogP contribution in [-0.4, -0.2) is 29.4 Å². The molecule has 0 bridgehead atoms. The van der Waals surface area contributed by atoms with Gasteiger partial charge in [0.2, 0.25) is 0 Å². The summed E-state index contributed by atoms with van der Waals surface area (Å²) >= 11 is 0. The fourth-order valence-electron chi connectivity index (χ4n) is 1.57. The van der Waals surface area contributed by atoms with Gasteiger partial charge in [0, 0.05) is 12.4 Å². The molecule has 1 heterocycles. The molecule has 0 atom stereocenters. The zero-order valence-corrected chi connectivity index (χ0v) is 8.06. The van der Waals surface area contributed by atoms with Crippen LogP contribution in [0.15, 0.2) is 18.5 Å². The largest absolute Gasteiger partial charge is 0.465 e. The normalized spacial score (nSPS) is 17.9. The summed E-state index contributed by atoms with van der Waals surface area (Å²) in [4.78, 5) is 11.2. The van der Waals surface area contributed by atoms with E-state index in [2.05, 4.69) is 4.74 Å². The number of aliphatic hydroxyl groups excluding tert-OH is 1. The molecule has 4 heteroatoms. The number of methoxy groups -OCH3 is 1. The third kappa shape index (κ3) is 1.32. The van der Waals surface area contributed by atoms with E-state index in [-0.39, 0.29) is 18.1 Å². The Morgan fingerprint density at radius 3 is 2.93 bits per heavy atom. The fraction of sp³-hybridized carbons (Fsp3) is 0.500. The quantitative estimate of drug-likeness (QED) is 0.724. The zero-order valence-electron chi connectivity index (χ0n) is 8.06. The lowest BCUT2D eigenvalue weighted by molar-refractivity contribution is 0.0600. The molecule has 0 saturated heterocycles. The molecule has 4 nitrogen and oxygen atoms in total. The second kappa shape index (κ2) is 3.13. The number of esters is 1. The van der Waals surface area contributed by atoms with E-state index < -0.39 is 0 Å². The molecule has 0 aliphatic heterocycles. The average Bonchev–Trinajstić information content (AvgIpc) is 2.87. The monoisotopic (exact) mass is 195 g/mol. The highest BCUT2D eigenvalue weighted by Crippen LogP contribution is 2.43. The van der Waals surface area contributed by atoms with Crippen molar-refractivity contribution in [2.45, 2.75) is 18.4 Å². The van der Waals surface area contributed by atoms with Crippen LogP contribution < -0.4 is 0 Å². The van der Waals surface area contributed by atoms with Crippen LogP contribution in [0.25, 0.3) is 0 Å². The first-order valence-electron chi connectivity index (χ1n) is 4.59. The van der Waals surface area contributed by atoms with Gasteiger partial charge < -0.3 is 14.4 Å². The molecule has 1 saturated carbocycles. The standard InChI is InChI=1S/C10H13NO3/c1-14-9(13)8-2-5-11(6-8)10(7-12)3-4-10/h2,5-6,12H,3-4,7H2,1H3. The molecule has 1 fully saturated rings. The van der Waals surface area contributed by atoms with Crippen molar-refractivity contribution >= 4 is 5.97 Å². The lowest BCUT2D eigenvalue weighted by Crippen LogP contribution is -2.19. The van der Waals surface area contributed by atoms with E-state index in [1.807, 2.05) is 10.8 Å². The highest BCUT2D eigenvalue weighted by molar-refractivity contribution is 5.89. The van der Waals surface area contributed by atoms with E-state index in [1.165, 1.54) is 7.11 Å². The lowest BCUT2D eigenvalue weighted by Gasteiger charge is -2.13. The van der Waals surface area contributed by atoms with Crippen molar-refractivity contribution in [3.8, 4) is 0 Å². The minimum absolute atomic E-state index is 0.127. The van der Waals surface area contributed by atoms with Gasteiger partial charge in [-0.05, 0) is 18.9 Å². The van der Waals surface area contributed by atoms with Crippen LogP contribution in [-0.2, 0) is 10.3 Å². The van der Waals surface area contributed by atoms with Crippen LogP contribution in [0, 0.1) is 0 Å². The van der Waals surface area contributed by atoms with Gasteiger partial charge in [-0.1, -0.05) is 0 Å². The maximum atomic E-state index is 11.2. The number of aromatic nitrogens is 1. The van der Waals surface area contributed by atoms with Crippen molar-refractivity contribution in [1.29, 1.82) is 0 Å². The molecule has 0 unspecified atom stereocenters. The topological polar surface area (TPSA) is 51.5 Å². The van der Waals surface area contributed by atoms with E-state index in [0.717, 1.165) is 12.8 Å². The maximum Gasteiger partial charge on any atom is 0.339 e. The molecular weight excluding hydrogens is 182 g/mol. The van der Waals surface area contributed by atoms with E-state index in [4.69, 9.17) is 0 Å². The first-order valence-corrected chi connectivity index (χ1v) is 4.59. The number of ether oxygens (including phenoxy) is 1. The van der Waals surface area contributed by atoms with Gasteiger partial charge in [0.05, 0.1) is 24.8 Å². The summed E-state index contributed by atoms with van der Waals surface area (Å²) in [6.07, 6.45) is 5.49. The number of aliphatic hydroxyl groups is 1. The Bertz CT molecular complexity index is 352. The van der Waals surface area contributed by atoms with Crippen molar-refractivity contribution in [3.05, 3.63) is 24.0 Å². The fourth-order valence-corrected chi connectivity index (χ4v) is 1.57. The molecule has 1 aromatic heterocycles. The first kappa shape index (κ1) is 9.27. The third-order valence-electron chi connectivity index (χ3n) is 2.78. The minimum atomic E-state index is -0.336. The summed E-state index contributed by atoms with van der Waals surface area (Å²) in [5.74, 6) is -0.336. The second-order valence-corrected chi connectivity index (χ2v) is 3.68. The zero-order chi connectivity index (χ0) is 10.2. The molecule has 1 aromatic rings. The van der Waals surface area contributed by atoms with Gasteiger partial charge in [0.25, 0.3) is 0 Å². The molecule has 0 aromatic carbocycles. The molecule has 76 valence electrons. The number of nitrogens with zero attached hydrogens (tertiary/aromatic N) is 1. The van der Waals surface area contributed by atoms with E-state index in [9.17, 15) is 9.90 Å². The smallest absolute Gasteiger partial charge is 0.339 e. The van der Waals surface area contributed by atoms with Gasteiger partial charge in [-0.3, -0.25) is 0 Å². The summed E-state index contributed by atoms with van der Waals surface area (Å²) in [7, 11) is 1.36. The van der Waals surface area contributed by atoms with Gasteiger partial charge in [-0.2, -0.15) is 0 Å². The summed E-state index contributed by atoms with van der Waals surface area (Å²) in [5.41, 5.74) is 0.388. The number of carbonyl (C=O) groups is 1. The Kier molecular flexibility index (Phi) is 2.07. The summed E-state index contributed by atoms with van der Waals surface area (Å²) in [5, 5.41) is 9.18. The lowest BCUT2D eigenvalue weighted by atomic mass is 10.3. The average molecular weight is 195 g/mol. The van der Waals surface area contributed by atoms with E-state index in [0.29, 0.717) is 5.56 Å². The van der Waals surface area contributed by atoms with Crippen LogP contribution >= 0.6 is 0 Å². The first-order chi connectivity index (χ1) is 6.72. The molecule has 1 aliphatic carbocycles. The summed E-state index contributed by atoms with van der Waals surface area (Å²) in [6, 6.07) is 1.71. The molecule has 0 radical (unpaired) electrons. The Morgan fingerprint density at radius 1 is 1.71 bits per heavy atom. The van der Waals surface area contributed by atoms with Crippen LogP contribution in [0.3, 0.4) is 0 Å². The number of hydrogen-bond donors (Lipinski definition) is 1.